The van der Waals surface area contributed by atoms with Crippen LogP contribution in [0.5, 0.6) is 11.5 Å². The Kier molecular flexibility index (Phi) is 7.76. The van der Waals surface area contributed by atoms with Crippen molar-refractivity contribution in [1.82, 2.24) is 10.2 Å². The van der Waals surface area contributed by atoms with Gasteiger partial charge in [-0.2, -0.15) is 0 Å². The lowest BCUT2D eigenvalue weighted by atomic mass is 10.2. The molecular weight excluding hydrogens is 320 g/mol. The van der Waals surface area contributed by atoms with E-state index in [9.17, 15) is 4.79 Å². The normalized spacial score (nSPS) is 17.8. The molecule has 0 spiro atoms. The van der Waals surface area contributed by atoms with Gasteiger partial charge in [0.1, 0.15) is 0 Å². The summed E-state index contributed by atoms with van der Waals surface area (Å²) in [7, 11) is 4.90. The number of likely N-dealkylation sites (tertiary alicyclic amines) is 1. The van der Waals surface area contributed by atoms with E-state index in [-0.39, 0.29) is 5.91 Å². The monoisotopic (exact) mass is 348 g/mol. The molecule has 1 N–H and O–H groups in total. The van der Waals surface area contributed by atoms with Crippen LogP contribution in [0, 0.1) is 0 Å². The number of hydrogen-bond donors (Lipinski definition) is 1. The molecule has 1 aliphatic rings. The van der Waals surface area contributed by atoms with Crippen LogP contribution in [0.3, 0.4) is 0 Å². The molecule has 1 aromatic carbocycles. The van der Waals surface area contributed by atoms with Crippen molar-refractivity contribution in [3.05, 3.63) is 29.8 Å². The van der Waals surface area contributed by atoms with Gasteiger partial charge in [0, 0.05) is 32.3 Å². The molecule has 0 radical (unpaired) electrons. The molecule has 6 heteroatoms. The van der Waals surface area contributed by atoms with Crippen LogP contribution in [0.15, 0.2) is 24.3 Å². The predicted molar refractivity (Wildman–Crippen MR) is 98.1 cm³/mol. The van der Waals surface area contributed by atoms with Gasteiger partial charge in [-0.05, 0) is 43.2 Å². The van der Waals surface area contributed by atoms with Crippen LogP contribution in [0.2, 0.25) is 0 Å². The molecule has 0 aliphatic carbocycles. The van der Waals surface area contributed by atoms with Gasteiger partial charge in [-0.1, -0.05) is 6.07 Å². The third-order valence-corrected chi connectivity index (χ3v) is 4.43. The molecule has 25 heavy (non-hydrogen) atoms. The molecule has 0 saturated carbocycles. The predicted octanol–water partition coefficient (Wildman–Crippen LogP) is 1.94. The Hall–Kier alpha value is -2.05. The number of ether oxygens (including phenoxy) is 3. The highest BCUT2D eigenvalue weighted by molar-refractivity contribution is 5.91. The first-order valence-electron chi connectivity index (χ1n) is 8.59. The van der Waals surface area contributed by atoms with Crippen LogP contribution in [0.4, 0.5) is 0 Å². The topological polar surface area (TPSA) is 60.0 Å². The zero-order valence-corrected chi connectivity index (χ0v) is 15.3. The van der Waals surface area contributed by atoms with Gasteiger partial charge in [0.15, 0.2) is 11.5 Å². The zero-order valence-electron chi connectivity index (χ0n) is 15.3. The SMILES string of the molecule is COCCN1CCC[C@@H]1CNC(=O)/C=C\c1ccc(OC)c(OC)c1. The van der Waals surface area contributed by atoms with Crippen molar-refractivity contribution in [2.24, 2.45) is 0 Å². The number of nitrogens with zero attached hydrogens (tertiary/aromatic N) is 1. The highest BCUT2D eigenvalue weighted by Gasteiger charge is 2.23. The highest BCUT2D eigenvalue weighted by Crippen LogP contribution is 2.27. The Morgan fingerprint density at radius 1 is 1.28 bits per heavy atom. The molecule has 1 amide bonds. The highest BCUT2D eigenvalue weighted by atomic mass is 16.5. The third-order valence-electron chi connectivity index (χ3n) is 4.43. The Bertz CT molecular complexity index is 589. The van der Waals surface area contributed by atoms with Gasteiger partial charge in [0.25, 0.3) is 0 Å². The Labute approximate surface area is 149 Å². The lowest BCUT2D eigenvalue weighted by molar-refractivity contribution is -0.116. The molecule has 1 aromatic rings. The number of nitrogens with one attached hydrogen (secondary N) is 1. The van der Waals surface area contributed by atoms with Gasteiger partial charge in [-0.3, -0.25) is 9.69 Å². The van der Waals surface area contributed by atoms with Crippen molar-refractivity contribution < 1.29 is 19.0 Å². The van der Waals surface area contributed by atoms with Crippen LogP contribution in [0.25, 0.3) is 6.08 Å². The number of methoxy groups -OCH3 is 3. The van der Waals surface area contributed by atoms with Crippen molar-refractivity contribution in [3.8, 4) is 11.5 Å². The van der Waals surface area contributed by atoms with E-state index in [1.165, 1.54) is 6.42 Å². The lowest BCUT2D eigenvalue weighted by Gasteiger charge is -2.24. The average Bonchev–Trinajstić information content (AvgIpc) is 3.09. The fourth-order valence-electron chi connectivity index (χ4n) is 3.03. The molecule has 0 unspecified atom stereocenters. The van der Waals surface area contributed by atoms with E-state index in [1.54, 1.807) is 33.5 Å². The maximum absolute atomic E-state index is 12.1. The Morgan fingerprint density at radius 2 is 2.08 bits per heavy atom. The number of carbonyl (C=O) groups excluding carboxylic acids is 1. The van der Waals surface area contributed by atoms with Gasteiger partial charge in [0.05, 0.1) is 20.8 Å². The van der Waals surface area contributed by atoms with Crippen LogP contribution in [-0.2, 0) is 9.53 Å². The maximum atomic E-state index is 12.1. The van der Waals surface area contributed by atoms with Crippen LogP contribution < -0.4 is 14.8 Å². The van der Waals surface area contributed by atoms with E-state index in [0.717, 1.165) is 31.7 Å². The van der Waals surface area contributed by atoms with Gasteiger partial charge < -0.3 is 19.5 Å². The summed E-state index contributed by atoms with van der Waals surface area (Å²) in [6, 6.07) is 5.94. The molecule has 6 nitrogen and oxygen atoms in total. The smallest absolute Gasteiger partial charge is 0.244 e. The third kappa shape index (κ3) is 5.76. The van der Waals surface area contributed by atoms with E-state index in [2.05, 4.69) is 10.2 Å². The molecule has 138 valence electrons. The minimum absolute atomic E-state index is 0.0895. The lowest BCUT2D eigenvalue weighted by Crippen LogP contribution is -2.41. The van der Waals surface area contributed by atoms with Crippen molar-refractivity contribution in [2.75, 3.05) is 47.6 Å². The summed E-state index contributed by atoms with van der Waals surface area (Å²) in [5.41, 5.74) is 0.885. The number of hydrogen-bond acceptors (Lipinski definition) is 5. The standard InChI is InChI=1S/C19H28N2O4/c1-23-12-11-21-10-4-5-16(21)14-20-19(22)9-7-15-6-8-17(24-2)18(13-15)25-3/h6-9,13,16H,4-5,10-12,14H2,1-3H3,(H,20,22)/b9-7-/t16-/m1/s1. The van der Waals surface area contributed by atoms with Crippen molar-refractivity contribution in [1.29, 1.82) is 0 Å². The number of carbonyl (C=O) groups is 1. The number of benzene rings is 1. The fourth-order valence-corrected chi connectivity index (χ4v) is 3.03. The summed E-state index contributed by atoms with van der Waals surface area (Å²) in [5.74, 6) is 1.22. The summed E-state index contributed by atoms with van der Waals surface area (Å²) in [6.07, 6.45) is 5.61. The molecule has 2 rings (SSSR count). The quantitative estimate of drug-likeness (QED) is 0.691. The summed E-state index contributed by atoms with van der Waals surface area (Å²) in [5, 5.41) is 2.99. The van der Waals surface area contributed by atoms with Gasteiger partial charge in [-0.25, -0.2) is 0 Å². The summed E-state index contributed by atoms with van der Waals surface area (Å²) < 4.78 is 15.6. The minimum atomic E-state index is -0.0895. The molecule has 1 atom stereocenters. The second-order valence-electron chi connectivity index (χ2n) is 6.02. The molecule has 1 aliphatic heterocycles. The largest absolute Gasteiger partial charge is 0.493 e. The Balaban J connectivity index is 1.84. The van der Waals surface area contributed by atoms with E-state index in [4.69, 9.17) is 14.2 Å². The van der Waals surface area contributed by atoms with Crippen LogP contribution in [0.1, 0.15) is 18.4 Å². The van der Waals surface area contributed by atoms with Crippen molar-refractivity contribution in [2.45, 2.75) is 18.9 Å². The van der Waals surface area contributed by atoms with E-state index in [0.29, 0.717) is 24.1 Å². The maximum Gasteiger partial charge on any atom is 0.244 e. The molecular formula is C19H28N2O4. The molecule has 1 fully saturated rings. The average molecular weight is 348 g/mol. The van der Waals surface area contributed by atoms with Gasteiger partial charge >= 0.3 is 0 Å². The summed E-state index contributed by atoms with van der Waals surface area (Å²) in [6.45, 7) is 3.38. The zero-order chi connectivity index (χ0) is 18.1. The molecule has 1 heterocycles. The first-order chi connectivity index (χ1) is 12.2. The van der Waals surface area contributed by atoms with Crippen molar-refractivity contribution >= 4 is 12.0 Å². The summed E-state index contributed by atoms with van der Waals surface area (Å²) in [4.78, 5) is 14.5. The van der Waals surface area contributed by atoms with Crippen LogP contribution in [-0.4, -0.2) is 64.4 Å². The first kappa shape index (κ1) is 19.3. The molecule has 0 bridgehead atoms. The van der Waals surface area contributed by atoms with Crippen LogP contribution >= 0.6 is 0 Å². The number of amides is 1. The Morgan fingerprint density at radius 3 is 2.80 bits per heavy atom. The van der Waals surface area contributed by atoms with Crippen molar-refractivity contribution in [3.63, 3.8) is 0 Å². The second-order valence-corrected chi connectivity index (χ2v) is 6.02. The number of rotatable bonds is 9. The van der Waals surface area contributed by atoms with E-state index < -0.39 is 0 Å². The molecule has 1 saturated heterocycles. The van der Waals surface area contributed by atoms with E-state index >= 15 is 0 Å². The van der Waals surface area contributed by atoms with Gasteiger partial charge in [0.2, 0.25) is 5.91 Å². The molecule has 0 aromatic heterocycles. The minimum Gasteiger partial charge on any atom is -0.493 e. The van der Waals surface area contributed by atoms with Gasteiger partial charge in [-0.15, -0.1) is 0 Å². The fraction of sp³-hybridized carbons (Fsp3) is 0.526. The van der Waals surface area contributed by atoms with E-state index in [1.807, 2.05) is 18.2 Å². The summed E-state index contributed by atoms with van der Waals surface area (Å²) >= 11 is 0. The second kappa shape index (κ2) is 10.1. The first-order valence-corrected chi connectivity index (χ1v) is 8.59.